The van der Waals surface area contributed by atoms with Gasteiger partial charge in [0.15, 0.2) is 5.11 Å². The lowest BCUT2D eigenvalue weighted by Crippen LogP contribution is -2.49. The maximum Gasteiger partial charge on any atom is 0.273 e. The smallest absolute Gasteiger partial charge is 0.273 e. The quantitative estimate of drug-likeness (QED) is 0.452. The number of carbonyl (C=O) groups is 1. The van der Waals surface area contributed by atoms with Gasteiger partial charge in [-0.25, -0.2) is 0 Å². The molecule has 0 spiro atoms. The Labute approximate surface area is 134 Å². The molecule has 1 saturated heterocycles. The summed E-state index contributed by atoms with van der Waals surface area (Å²) in [5.74, 6) is -0.525. The van der Waals surface area contributed by atoms with Crippen LogP contribution in [0.1, 0.15) is 10.4 Å². The number of rotatable bonds is 4. The zero-order chi connectivity index (χ0) is 15.8. The van der Waals surface area contributed by atoms with E-state index in [0.29, 0.717) is 11.7 Å². The summed E-state index contributed by atoms with van der Waals surface area (Å²) in [6.07, 6.45) is 0. The molecule has 22 heavy (non-hydrogen) atoms. The van der Waals surface area contributed by atoms with Gasteiger partial charge in [0.05, 0.1) is 18.8 Å². The Morgan fingerprint density at radius 3 is 2.73 bits per heavy atom. The predicted octanol–water partition coefficient (Wildman–Crippen LogP) is -0.167. The molecule has 0 atom stereocenters. The minimum Gasteiger partial charge on any atom is -0.507 e. The number of hydrogen-bond donors (Lipinski definition) is 4. The number of amides is 1. The van der Waals surface area contributed by atoms with Gasteiger partial charge in [-0.2, -0.15) is 0 Å². The van der Waals surface area contributed by atoms with Crippen LogP contribution in [0.3, 0.4) is 0 Å². The van der Waals surface area contributed by atoms with E-state index in [1.165, 1.54) is 12.1 Å². The molecule has 1 aromatic carbocycles. The third-order valence-electron chi connectivity index (χ3n) is 3.26. The fraction of sp³-hybridized carbons (Fsp3) is 0.429. The van der Waals surface area contributed by atoms with E-state index in [0.717, 1.165) is 32.8 Å². The SMILES string of the molecule is O=C(NNC(=S)NCCN1CCOCC1)c1ccccc1O. The van der Waals surface area contributed by atoms with Crippen molar-refractivity contribution in [2.24, 2.45) is 0 Å². The average molecular weight is 324 g/mol. The van der Waals surface area contributed by atoms with E-state index in [-0.39, 0.29) is 11.3 Å². The van der Waals surface area contributed by atoms with Crippen molar-refractivity contribution in [3.05, 3.63) is 29.8 Å². The van der Waals surface area contributed by atoms with Crippen molar-refractivity contribution < 1.29 is 14.6 Å². The fourth-order valence-corrected chi connectivity index (χ4v) is 2.20. The highest BCUT2D eigenvalue weighted by Crippen LogP contribution is 2.14. The molecular formula is C14H20N4O3S. The van der Waals surface area contributed by atoms with Crippen LogP contribution in [0.4, 0.5) is 0 Å². The van der Waals surface area contributed by atoms with Crippen LogP contribution in [0.2, 0.25) is 0 Å². The van der Waals surface area contributed by atoms with Crippen LogP contribution < -0.4 is 16.2 Å². The normalized spacial score (nSPS) is 15.1. The number of thiocarbonyl (C=S) groups is 1. The van der Waals surface area contributed by atoms with E-state index >= 15 is 0 Å². The molecular weight excluding hydrogens is 304 g/mol. The Bertz CT molecular complexity index is 521. The van der Waals surface area contributed by atoms with Crippen LogP contribution in [0.15, 0.2) is 24.3 Å². The molecule has 1 amide bonds. The molecule has 1 fully saturated rings. The largest absolute Gasteiger partial charge is 0.507 e. The molecule has 1 aromatic rings. The van der Waals surface area contributed by atoms with Gasteiger partial charge in [-0.1, -0.05) is 12.1 Å². The van der Waals surface area contributed by atoms with E-state index in [2.05, 4.69) is 21.1 Å². The summed E-state index contributed by atoms with van der Waals surface area (Å²) in [6.45, 7) is 4.91. The number of hydrazine groups is 1. The number of nitrogens with one attached hydrogen (secondary N) is 3. The summed E-state index contributed by atoms with van der Waals surface area (Å²) in [6, 6.07) is 6.31. The Morgan fingerprint density at radius 1 is 1.27 bits per heavy atom. The van der Waals surface area contributed by atoms with Crippen LogP contribution in [0.5, 0.6) is 5.75 Å². The van der Waals surface area contributed by atoms with Crippen molar-refractivity contribution >= 4 is 23.2 Å². The zero-order valence-corrected chi connectivity index (χ0v) is 13.0. The monoisotopic (exact) mass is 324 g/mol. The third kappa shape index (κ3) is 5.14. The number of morpholine rings is 1. The number of nitrogens with zero attached hydrogens (tertiary/aromatic N) is 1. The van der Waals surface area contributed by atoms with Crippen molar-refractivity contribution in [1.82, 2.24) is 21.1 Å². The second-order valence-electron chi connectivity index (χ2n) is 4.81. The molecule has 2 rings (SSSR count). The summed E-state index contributed by atoms with van der Waals surface area (Å²) in [4.78, 5) is 14.1. The van der Waals surface area contributed by atoms with Crippen LogP contribution in [-0.4, -0.2) is 60.4 Å². The number of benzene rings is 1. The maximum atomic E-state index is 11.8. The number of phenolic OH excluding ortho intramolecular Hbond substituents is 1. The number of ether oxygens (including phenoxy) is 1. The van der Waals surface area contributed by atoms with Crippen LogP contribution >= 0.6 is 12.2 Å². The van der Waals surface area contributed by atoms with E-state index in [9.17, 15) is 9.90 Å². The van der Waals surface area contributed by atoms with Gasteiger partial charge in [0.1, 0.15) is 5.75 Å². The minimum absolute atomic E-state index is 0.0759. The predicted molar refractivity (Wildman–Crippen MR) is 86.6 cm³/mol. The molecule has 0 bridgehead atoms. The van der Waals surface area contributed by atoms with Gasteiger partial charge < -0.3 is 15.2 Å². The van der Waals surface area contributed by atoms with Crippen LogP contribution in [0, 0.1) is 0 Å². The third-order valence-corrected chi connectivity index (χ3v) is 3.50. The Morgan fingerprint density at radius 2 is 2.00 bits per heavy atom. The minimum atomic E-state index is -0.449. The molecule has 4 N–H and O–H groups in total. The number of phenols is 1. The van der Waals surface area contributed by atoms with E-state index < -0.39 is 5.91 Å². The molecule has 1 aliphatic heterocycles. The molecule has 0 aromatic heterocycles. The first-order valence-corrected chi connectivity index (χ1v) is 7.50. The standard InChI is InChI=1S/C14H20N4O3S/c19-12-4-2-1-3-11(12)13(20)16-17-14(22)15-5-6-18-7-9-21-10-8-18/h1-4,19H,5-10H2,(H,16,20)(H2,15,17,22). The van der Waals surface area contributed by atoms with Crippen molar-refractivity contribution in [2.45, 2.75) is 0 Å². The summed E-state index contributed by atoms with van der Waals surface area (Å²) >= 11 is 5.08. The lowest BCUT2D eigenvalue weighted by molar-refractivity contribution is 0.0389. The van der Waals surface area contributed by atoms with Gasteiger partial charge >= 0.3 is 0 Å². The number of para-hydroxylation sites is 1. The Balaban J connectivity index is 1.65. The summed E-state index contributed by atoms with van der Waals surface area (Å²) in [5, 5.41) is 12.9. The van der Waals surface area contributed by atoms with Gasteiger partial charge in [-0.05, 0) is 24.4 Å². The molecule has 8 heteroatoms. The van der Waals surface area contributed by atoms with E-state index in [1.807, 2.05) is 0 Å². The number of aromatic hydroxyl groups is 1. The fourth-order valence-electron chi connectivity index (χ4n) is 2.04. The van der Waals surface area contributed by atoms with Crippen LogP contribution in [0.25, 0.3) is 0 Å². The molecule has 0 saturated carbocycles. The average Bonchev–Trinajstić information content (AvgIpc) is 2.54. The van der Waals surface area contributed by atoms with Crippen LogP contribution in [-0.2, 0) is 4.74 Å². The Hall–Kier alpha value is -1.90. The highest BCUT2D eigenvalue weighted by molar-refractivity contribution is 7.80. The summed E-state index contributed by atoms with van der Waals surface area (Å²) < 4.78 is 5.28. The number of hydrogen-bond acceptors (Lipinski definition) is 5. The van der Waals surface area contributed by atoms with Crippen molar-refractivity contribution in [3.63, 3.8) is 0 Å². The molecule has 0 radical (unpaired) electrons. The highest BCUT2D eigenvalue weighted by atomic mass is 32.1. The number of carbonyl (C=O) groups excluding carboxylic acids is 1. The van der Waals surface area contributed by atoms with E-state index in [1.54, 1.807) is 12.1 Å². The Kier molecular flexibility index (Phi) is 6.38. The van der Waals surface area contributed by atoms with E-state index in [4.69, 9.17) is 17.0 Å². The molecule has 7 nitrogen and oxygen atoms in total. The van der Waals surface area contributed by atoms with Gasteiger partial charge in [0, 0.05) is 26.2 Å². The molecule has 1 heterocycles. The second-order valence-corrected chi connectivity index (χ2v) is 5.21. The molecule has 0 unspecified atom stereocenters. The van der Waals surface area contributed by atoms with Gasteiger partial charge in [-0.15, -0.1) is 0 Å². The first kappa shape index (κ1) is 16.5. The first-order valence-electron chi connectivity index (χ1n) is 7.09. The first-order chi connectivity index (χ1) is 10.7. The zero-order valence-electron chi connectivity index (χ0n) is 12.2. The van der Waals surface area contributed by atoms with Crippen molar-refractivity contribution in [3.8, 4) is 5.75 Å². The van der Waals surface area contributed by atoms with Gasteiger partial charge in [-0.3, -0.25) is 20.5 Å². The lowest BCUT2D eigenvalue weighted by Gasteiger charge is -2.26. The lowest BCUT2D eigenvalue weighted by atomic mass is 10.2. The van der Waals surface area contributed by atoms with Gasteiger partial charge in [0.2, 0.25) is 0 Å². The maximum absolute atomic E-state index is 11.8. The molecule has 1 aliphatic rings. The summed E-state index contributed by atoms with van der Waals surface area (Å²) in [7, 11) is 0. The second kappa shape index (κ2) is 8.52. The highest BCUT2D eigenvalue weighted by Gasteiger charge is 2.11. The topological polar surface area (TPSA) is 85.9 Å². The molecule has 0 aliphatic carbocycles. The van der Waals surface area contributed by atoms with Gasteiger partial charge in [0.25, 0.3) is 5.91 Å². The summed E-state index contributed by atoms with van der Waals surface area (Å²) in [5.41, 5.74) is 5.24. The van der Waals surface area contributed by atoms with Crippen molar-refractivity contribution in [2.75, 3.05) is 39.4 Å². The van der Waals surface area contributed by atoms with Crippen molar-refractivity contribution in [1.29, 1.82) is 0 Å². The molecule has 120 valence electrons.